The first-order valence-electron chi connectivity index (χ1n) is 8.20. The summed E-state index contributed by atoms with van der Waals surface area (Å²) in [5, 5.41) is 5.33. The van der Waals surface area contributed by atoms with E-state index >= 15 is 0 Å². The Labute approximate surface area is 168 Å². The predicted octanol–water partition coefficient (Wildman–Crippen LogP) is 4.07. The number of hydrogen-bond acceptors (Lipinski definition) is 6. The van der Waals surface area contributed by atoms with Gasteiger partial charge in [-0.25, -0.2) is 4.79 Å². The topological polar surface area (TPSA) is 69.1 Å². The van der Waals surface area contributed by atoms with Gasteiger partial charge in [-0.2, -0.15) is 5.10 Å². The molecule has 0 saturated heterocycles. The monoisotopic (exact) mass is 410 g/mol. The second-order valence-corrected chi connectivity index (χ2v) is 6.11. The van der Waals surface area contributed by atoms with Gasteiger partial charge in [0.2, 0.25) is 0 Å². The third kappa shape index (κ3) is 6.34. The highest BCUT2D eigenvalue weighted by atomic mass is 35.5. The number of ether oxygens (including phenoxy) is 3. The number of methoxy groups -OCH3 is 1. The zero-order chi connectivity index (χ0) is 19.6. The summed E-state index contributed by atoms with van der Waals surface area (Å²) in [5.74, 6) is 0.500. The highest BCUT2D eigenvalue weighted by Crippen LogP contribution is 2.28. The van der Waals surface area contributed by atoms with E-state index in [0.29, 0.717) is 34.7 Å². The molecule has 0 aliphatic heterocycles. The molecule has 0 bridgehead atoms. The van der Waals surface area contributed by atoms with Gasteiger partial charge in [0, 0.05) is 15.6 Å². The van der Waals surface area contributed by atoms with Gasteiger partial charge in [-0.15, -0.1) is 0 Å². The number of esters is 1. The number of carbonyl (C=O) groups excluding carboxylic acids is 1. The summed E-state index contributed by atoms with van der Waals surface area (Å²) in [6.07, 6.45) is 1.64. The van der Waals surface area contributed by atoms with Crippen molar-refractivity contribution in [1.29, 1.82) is 0 Å². The number of nitrogens with zero attached hydrogens (tertiary/aromatic N) is 1. The number of hydrogen-bond donors (Lipinski definition) is 1. The first-order chi connectivity index (χ1) is 13.0. The lowest BCUT2D eigenvalue weighted by atomic mass is 10.2. The fraction of sp³-hybridized carbons (Fsp3) is 0.263. The smallest absolute Gasteiger partial charge is 0.343 e. The predicted molar refractivity (Wildman–Crippen MR) is 106 cm³/mol. The Morgan fingerprint density at radius 3 is 2.56 bits per heavy atom. The molecule has 27 heavy (non-hydrogen) atoms. The normalized spacial score (nSPS) is 10.7. The van der Waals surface area contributed by atoms with Gasteiger partial charge in [0.25, 0.3) is 0 Å². The summed E-state index contributed by atoms with van der Waals surface area (Å²) >= 11 is 12.2. The molecule has 0 spiro atoms. The molecule has 0 saturated carbocycles. The SMILES string of the molecule is CCOc1cc(/C=N\NCc2c(Cl)cccc2Cl)ccc1OCC(=O)OC. The molecular weight excluding hydrogens is 391 g/mol. The fourth-order valence-electron chi connectivity index (χ4n) is 2.13. The van der Waals surface area contributed by atoms with Gasteiger partial charge in [-0.1, -0.05) is 29.3 Å². The number of carbonyl (C=O) groups is 1. The summed E-state index contributed by atoms with van der Waals surface area (Å²) in [6.45, 7) is 2.52. The summed E-state index contributed by atoms with van der Waals surface area (Å²) in [4.78, 5) is 11.2. The molecule has 2 aromatic rings. The quantitative estimate of drug-likeness (QED) is 0.383. The van der Waals surface area contributed by atoms with Crippen molar-refractivity contribution in [2.24, 2.45) is 5.10 Å². The summed E-state index contributed by atoms with van der Waals surface area (Å²) in [7, 11) is 1.30. The minimum Gasteiger partial charge on any atom is -0.490 e. The molecule has 0 aliphatic rings. The van der Waals surface area contributed by atoms with E-state index in [1.54, 1.807) is 42.6 Å². The van der Waals surface area contributed by atoms with Crippen LogP contribution in [0.15, 0.2) is 41.5 Å². The molecule has 144 valence electrons. The number of hydrazone groups is 1. The molecule has 0 atom stereocenters. The number of halogens is 2. The molecular formula is C19H20Cl2N2O4. The number of nitrogens with one attached hydrogen (secondary N) is 1. The summed E-state index contributed by atoms with van der Waals surface area (Å²) < 4.78 is 15.5. The van der Waals surface area contributed by atoms with Crippen LogP contribution in [0.5, 0.6) is 11.5 Å². The van der Waals surface area contributed by atoms with Crippen molar-refractivity contribution in [3.8, 4) is 11.5 Å². The first-order valence-corrected chi connectivity index (χ1v) is 8.96. The van der Waals surface area contributed by atoms with Crippen LogP contribution in [0.2, 0.25) is 10.0 Å². The maximum atomic E-state index is 11.2. The van der Waals surface area contributed by atoms with Crippen LogP contribution in [0.25, 0.3) is 0 Å². The fourth-order valence-corrected chi connectivity index (χ4v) is 2.67. The third-order valence-corrected chi connectivity index (χ3v) is 4.17. The van der Waals surface area contributed by atoms with Gasteiger partial charge in [-0.3, -0.25) is 0 Å². The minimum absolute atomic E-state index is 0.190. The van der Waals surface area contributed by atoms with Crippen LogP contribution in [0, 0.1) is 0 Å². The van der Waals surface area contributed by atoms with Crippen molar-refractivity contribution in [2.75, 3.05) is 20.3 Å². The molecule has 2 rings (SSSR count). The van der Waals surface area contributed by atoms with E-state index in [4.69, 9.17) is 32.7 Å². The Kier molecular flexibility index (Phi) is 8.23. The average Bonchev–Trinajstić information content (AvgIpc) is 2.66. The van der Waals surface area contributed by atoms with E-state index in [1.807, 2.05) is 6.92 Å². The third-order valence-electron chi connectivity index (χ3n) is 3.46. The summed E-state index contributed by atoms with van der Waals surface area (Å²) in [5.41, 5.74) is 4.48. The molecule has 0 unspecified atom stereocenters. The molecule has 1 N–H and O–H groups in total. The molecule has 0 fully saturated rings. The molecule has 6 nitrogen and oxygen atoms in total. The maximum absolute atomic E-state index is 11.2. The van der Waals surface area contributed by atoms with Crippen LogP contribution in [-0.2, 0) is 16.1 Å². The Balaban J connectivity index is 2.02. The van der Waals surface area contributed by atoms with E-state index in [0.717, 1.165) is 11.1 Å². The first kappa shape index (κ1) is 20.9. The molecule has 0 amide bonds. The molecule has 0 aliphatic carbocycles. The van der Waals surface area contributed by atoms with Gasteiger partial charge in [0.15, 0.2) is 18.1 Å². The average molecular weight is 411 g/mol. The van der Waals surface area contributed by atoms with Crippen molar-refractivity contribution in [1.82, 2.24) is 5.43 Å². The lowest BCUT2D eigenvalue weighted by Gasteiger charge is -2.11. The number of benzene rings is 2. The van der Waals surface area contributed by atoms with Crippen molar-refractivity contribution < 1.29 is 19.0 Å². The van der Waals surface area contributed by atoms with Gasteiger partial charge in [-0.05, 0) is 42.8 Å². The van der Waals surface area contributed by atoms with Crippen LogP contribution in [0.4, 0.5) is 0 Å². The molecule has 8 heteroatoms. The standard InChI is InChI=1S/C19H20Cl2N2O4/c1-3-26-18-9-13(7-8-17(18)27-12-19(24)25-2)10-22-23-11-14-15(20)5-4-6-16(14)21/h4-10,23H,3,11-12H2,1-2H3/b22-10-. The Morgan fingerprint density at radius 1 is 1.15 bits per heavy atom. The zero-order valence-corrected chi connectivity index (χ0v) is 16.5. The second-order valence-electron chi connectivity index (χ2n) is 5.30. The molecule has 2 aromatic carbocycles. The van der Waals surface area contributed by atoms with Crippen molar-refractivity contribution in [3.63, 3.8) is 0 Å². The van der Waals surface area contributed by atoms with Gasteiger partial charge in [0.05, 0.1) is 26.5 Å². The Bertz CT molecular complexity index is 792. The van der Waals surface area contributed by atoms with Gasteiger partial charge in [0.1, 0.15) is 0 Å². The molecule has 0 aromatic heterocycles. The van der Waals surface area contributed by atoms with Crippen LogP contribution < -0.4 is 14.9 Å². The van der Waals surface area contributed by atoms with E-state index < -0.39 is 5.97 Å². The largest absolute Gasteiger partial charge is 0.490 e. The minimum atomic E-state index is -0.467. The van der Waals surface area contributed by atoms with Crippen molar-refractivity contribution in [2.45, 2.75) is 13.5 Å². The second kappa shape index (κ2) is 10.6. The maximum Gasteiger partial charge on any atom is 0.343 e. The van der Waals surface area contributed by atoms with E-state index in [9.17, 15) is 4.79 Å². The molecule has 0 radical (unpaired) electrons. The van der Waals surface area contributed by atoms with Crippen molar-refractivity contribution in [3.05, 3.63) is 57.6 Å². The van der Waals surface area contributed by atoms with E-state index in [1.165, 1.54) is 7.11 Å². The Morgan fingerprint density at radius 2 is 1.89 bits per heavy atom. The summed E-state index contributed by atoms with van der Waals surface area (Å²) in [6, 6.07) is 10.6. The van der Waals surface area contributed by atoms with Crippen molar-refractivity contribution >= 4 is 35.4 Å². The van der Waals surface area contributed by atoms with Crippen LogP contribution >= 0.6 is 23.2 Å². The van der Waals surface area contributed by atoms with Crippen LogP contribution in [0.1, 0.15) is 18.1 Å². The number of rotatable bonds is 9. The van der Waals surface area contributed by atoms with Crippen LogP contribution in [-0.4, -0.2) is 32.5 Å². The lowest BCUT2D eigenvalue weighted by molar-refractivity contribution is -0.142. The van der Waals surface area contributed by atoms with Gasteiger partial charge >= 0.3 is 5.97 Å². The highest BCUT2D eigenvalue weighted by Gasteiger charge is 2.09. The van der Waals surface area contributed by atoms with E-state index in [-0.39, 0.29) is 6.61 Å². The van der Waals surface area contributed by atoms with E-state index in [2.05, 4.69) is 15.3 Å². The zero-order valence-electron chi connectivity index (χ0n) is 15.0. The highest BCUT2D eigenvalue weighted by molar-refractivity contribution is 6.35. The van der Waals surface area contributed by atoms with Crippen LogP contribution in [0.3, 0.4) is 0 Å². The lowest BCUT2D eigenvalue weighted by Crippen LogP contribution is -2.13. The van der Waals surface area contributed by atoms with Gasteiger partial charge < -0.3 is 19.6 Å². The Hall–Kier alpha value is -2.44. The molecule has 0 heterocycles.